The Kier molecular flexibility index (Phi) is 6.80. The van der Waals surface area contributed by atoms with Crippen molar-refractivity contribution in [2.45, 2.75) is 13.8 Å². The molecule has 1 amide bonds. The maximum atomic E-state index is 12.4. The molecule has 1 N–H and O–H groups in total. The molecule has 4 heteroatoms. The number of hydrogen-bond donors (Lipinski definition) is 1. The van der Waals surface area contributed by atoms with E-state index in [0.29, 0.717) is 6.54 Å². The smallest absolute Gasteiger partial charge is 0.238 e. The zero-order valence-electron chi connectivity index (χ0n) is 16.3. The Morgan fingerprint density at radius 3 is 2.22 bits per heavy atom. The van der Waals surface area contributed by atoms with E-state index in [2.05, 4.69) is 51.5 Å². The first-order valence-corrected chi connectivity index (χ1v) is 9.64. The van der Waals surface area contributed by atoms with Gasteiger partial charge >= 0.3 is 0 Å². The van der Waals surface area contributed by atoms with Gasteiger partial charge < -0.3 is 5.32 Å². The van der Waals surface area contributed by atoms with Crippen LogP contribution in [0.3, 0.4) is 0 Å². The third-order valence-corrected chi connectivity index (χ3v) is 5.05. The highest BCUT2D eigenvalue weighted by Gasteiger charge is 2.18. The van der Waals surface area contributed by atoms with Crippen LogP contribution in [0.25, 0.3) is 6.08 Å². The second-order valence-electron chi connectivity index (χ2n) is 7.20. The zero-order chi connectivity index (χ0) is 19.1. The van der Waals surface area contributed by atoms with Crippen molar-refractivity contribution in [1.29, 1.82) is 0 Å². The second kappa shape index (κ2) is 9.49. The summed E-state index contributed by atoms with van der Waals surface area (Å²) in [5.74, 6) is 0.0739. The summed E-state index contributed by atoms with van der Waals surface area (Å²) < 4.78 is 0. The van der Waals surface area contributed by atoms with Crippen LogP contribution in [0.15, 0.2) is 54.6 Å². The molecule has 2 aromatic carbocycles. The highest BCUT2D eigenvalue weighted by atomic mass is 16.2. The summed E-state index contributed by atoms with van der Waals surface area (Å²) in [4.78, 5) is 17.1. The number of piperazine rings is 1. The van der Waals surface area contributed by atoms with E-state index < -0.39 is 0 Å². The number of nitrogens with one attached hydrogen (secondary N) is 1. The highest BCUT2D eigenvalue weighted by molar-refractivity contribution is 5.93. The zero-order valence-corrected chi connectivity index (χ0v) is 16.3. The van der Waals surface area contributed by atoms with Gasteiger partial charge in [0.25, 0.3) is 0 Å². The van der Waals surface area contributed by atoms with Gasteiger partial charge in [-0.05, 0) is 30.5 Å². The van der Waals surface area contributed by atoms with Crippen molar-refractivity contribution in [2.24, 2.45) is 0 Å². The summed E-state index contributed by atoms with van der Waals surface area (Å²) in [6.45, 7) is 9.33. The maximum absolute atomic E-state index is 12.4. The predicted molar refractivity (Wildman–Crippen MR) is 113 cm³/mol. The second-order valence-corrected chi connectivity index (χ2v) is 7.20. The lowest BCUT2D eigenvalue weighted by Gasteiger charge is -2.33. The van der Waals surface area contributed by atoms with Gasteiger partial charge in [0.1, 0.15) is 0 Å². The molecule has 142 valence electrons. The molecule has 0 unspecified atom stereocenters. The van der Waals surface area contributed by atoms with E-state index in [1.54, 1.807) is 0 Å². The number of rotatable bonds is 6. The third-order valence-electron chi connectivity index (χ3n) is 5.05. The average Bonchev–Trinajstić information content (AvgIpc) is 2.67. The fraction of sp³-hybridized carbons (Fsp3) is 0.348. The van der Waals surface area contributed by atoms with Crippen molar-refractivity contribution >= 4 is 17.7 Å². The first kappa shape index (κ1) is 19.3. The number of nitrogens with zero attached hydrogens (tertiary/aromatic N) is 2. The van der Waals surface area contributed by atoms with Crippen LogP contribution < -0.4 is 5.32 Å². The lowest BCUT2D eigenvalue weighted by atomic mass is 10.1. The van der Waals surface area contributed by atoms with E-state index in [-0.39, 0.29) is 5.91 Å². The lowest BCUT2D eigenvalue weighted by Crippen LogP contribution is -2.48. The average molecular weight is 364 g/mol. The van der Waals surface area contributed by atoms with Crippen molar-refractivity contribution in [3.05, 3.63) is 71.3 Å². The fourth-order valence-corrected chi connectivity index (χ4v) is 3.43. The fourth-order valence-electron chi connectivity index (χ4n) is 3.43. The monoisotopic (exact) mass is 363 g/mol. The predicted octanol–water partition coefficient (Wildman–Crippen LogP) is 3.57. The largest absolute Gasteiger partial charge is 0.324 e. The molecule has 1 saturated heterocycles. The number of aryl methyl sites for hydroxylation is 2. The van der Waals surface area contributed by atoms with Gasteiger partial charge in [0.2, 0.25) is 5.91 Å². The number of para-hydroxylation sites is 1. The molecule has 0 spiro atoms. The molecule has 0 atom stereocenters. The van der Waals surface area contributed by atoms with Gasteiger partial charge in [-0.2, -0.15) is 0 Å². The van der Waals surface area contributed by atoms with Crippen molar-refractivity contribution in [3.8, 4) is 0 Å². The summed E-state index contributed by atoms with van der Waals surface area (Å²) in [6.07, 6.45) is 4.39. The van der Waals surface area contributed by atoms with E-state index in [1.165, 1.54) is 5.56 Å². The van der Waals surface area contributed by atoms with Crippen LogP contribution in [0, 0.1) is 13.8 Å². The molecule has 1 aliphatic heterocycles. The number of carbonyl (C=O) groups excluding carboxylic acids is 1. The van der Waals surface area contributed by atoms with E-state index >= 15 is 0 Å². The van der Waals surface area contributed by atoms with Crippen LogP contribution in [0.1, 0.15) is 16.7 Å². The molecule has 0 radical (unpaired) electrons. The van der Waals surface area contributed by atoms with Gasteiger partial charge in [0, 0.05) is 38.4 Å². The van der Waals surface area contributed by atoms with E-state index in [9.17, 15) is 4.79 Å². The first-order valence-electron chi connectivity index (χ1n) is 9.64. The van der Waals surface area contributed by atoms with Gasteiger partial charge in [-0.1, -0.05) is 60.7 Å². The Morgan fingerprint density at radius 2 is 1.56 bits per heavy atom. The molecular formula is C23H29N3O. The molecule has 2 aromatic rings. The first-order chi connectivity index (χ1) is 13.1. The van der Waals surface area contributed by atoms with Crippen LogP contribution in [-0.4, -0.2) is 55.0 Å². The summed E-state index contributed by atoms with van der Waals surface area (Å²) in [7, 11) is 0. The van der Waals surface area contributed by atoms with Crippen molar-refractivity contribution in [2.75, 3.05) is 44.6 Å². The molecule has 1 aliphatic rings. The van der Waals surface area contributed by atoms with E-state index in [1.807, 2.05) is 38.1 Å². The molecule has 0 saturated carbocycles. The normalized spacial score (nSPS) is 15.9. The molecule has 1 fully saturated rings. The van der Waals surface area contributed by atoms with E-state index in [0.717, 1.165) is 49.5 Å². The van der Waals surface area contributed by atoms with Crippen molar-refractivity contribution in [3.63, 3.8) is 0 Å². The highest BCUT2D eigenvalue weighted by Crippen LogP contribution is 2.19. The number of amides is 1. The molecular weight excluding hydrogens is 334 g/mol. The quantitative estimate of drug-likeness (QED) is 0.852. The van der Waals surface area contributed by atoms with Crippen molar-refractivity contribution < 1.29 is 4.79 Å². The Morgan fingerprint density at radius 1 is 0.926 bits per heavy atom. The lowest BCUT2D eigenvalue weighted by molar-refractivity contribution is -0.117. The molecule has 0 bridgehead atoms. The van der Waals surface area contributed by atoms with Crippen LogP contribution in [0.4, 0.5) is 5.69 Å². The Labute approximate surface area is 162 Å². The Balaban J connectivity index is 1.41. The van der Waals surface area contributed by atoms with Gasteiger partial charge in [0.15, 0.2) is 0 Å². The van der Waals surface area contributed by atoms with Gasteiger partial charge in [-0.15, -0.1) is 0 Å². The summed E-state index contributed by atoms with van der Waals surface area (Å²) >= 11 is 0. The Hall–Kier alpha value is -2.43. The van der Waals surface area contributed by atoms with E-state index in [4.69, 9.17) is 0 Å². The summed E-state index contributed by atoms with van der Waals surface area (Å²) in [5, 5.41) is 3.08. The molecule has 1 heterocycles. The molecule has 0 aliphatic carbocycles. The van der Waals surface area contributed by atoms with Crippen LogP contribution in [0.5, 0.6) is 0 Å². The maximum Gasteiger partial charge on any atom is 0.238 e. The van der Waals surface area contributed by atoms with Gasteiger partial charge in [-0.3, -0.25) is 14.6 Å². The number of benzene rings is 2. The molecule has 4 nitrogen and oxygen atoms in total. The standard InChI is InChI=1S/C23H29N3O/c1-19-8-6-9-20(2)23(19)24-22(27)18-26-16-14-25(15-17-26)13-7-12-21-10-4-3-5-11-21/h3-12H,13-18H2,1-2H3,(H,24,27)/b12-7+. The number of anilines is 1. The minimum absolute atomic E-state index is 0.0739. The van der Waals surface area contributed by atoms with Crippen LogP contribution in [0.2, 0.25) is 0 Å². The van der Waals surface area contributed by atoms with Crippen molar-refractivity contribution in [1.82, 2.24) is 9.80 Å². The molecule has 3 rings (SSSR count). The summed E-state index contributed by atoms with van der Waals surface area (Å²) in [6, 6.07) is 16.5. The minimum Gasteiger partial charge on any atom is -0.324 e. The van der Waals surface area contributed by atoms with Gasteiger partial charge in [-0.25, -0.2) is 0 Å². The topological polar surface area (TPSA) is 35.6 Å². The number of hydrogen-bond acceptors (Lipinski definition) is 3. The third kappa shape index (κ3) is 5.78. The van der Waals surface area contributed by atoms with Gasteiger partial charge in [0.05, 0.1) is 6.54 Å². The Bertz CT molecular complexity index is 757. The van der Waals surface area contributed by atoms with Crippen LogP contribution >= 0.6 is 0 Å². The minimum atomic E-state index is 0.0739. The van der Waals surface area contributed by atoms with Crippen LogP contribution in [-0.2, 0) is 4.79 Å². The summed E-state index contributed by atoms with van der Waals surface area (Å²) in [5.41, 5.74) is 4.41. The SMILES string of the molecule is Cc1cccc(C)c1NC(=O)CN1CCN(C/C=C/c2ccccc2)CC1. The number of carbonyl (C=O) groups is 1. The molecule has 27 heavy (non-hydrogen) atoms. The molecule has 0 aromatic heterocycles.